The number of hydrogen-bond donors (Lipinski definition) is 1. The first-order chi connectivity index (χ1) is 8.46. The zero-order valence-corrected chi connectivity index (χ0v) is 11.6. The molecule has 18 heavy (non-hydrogen) atoms. The summed E-state index contributed by atoms with van der Waals surface area (Å²) in [5.41, 5.74) is 1.33. The van der Waals surface area contributed by atoms with Gasteiger partial charge in [-0.05, 0) is 18.2 Å². The van der Waals surface area contributed by atoms with Crippen LogP contribution in [0.3, 0.4) is 0 Å². The second kappa shape index (κ2) is 5.34. The van der Waals surface area contributed by atoms with Crippen molar-refractivity contribution in [3.63, 3.8) is 0 Å². The van der Waals surface area contributed by atoms with Crippen molar-refractivity contribution < 1.29 is 13.2 Å². The predicted octanol–water partition coefficient (Wildman–Crippen LogP) is 1.55. The van der Waals surface area contributed by atoms with Gasteiger partial charge in [0.05, 0.1) is 30.8 Å². The average Bonchev–Trinajstić information content (AvgIpc) is 2.28. The van der Waals surface area contributed by atoms with Gasteiger partial charge in [-0.15, -0.1) is 0 Å². The Labute approximate surface area is 112 Å². The van der Waals surface area contributed by atoms with Crippen molar-refractivity contribution in [2.24, 2.45) is 0 Å². The van der Waals surface area contributed by atoms with Crippen LogP contribution >= 0.6 is 11.6 Å². The molecule has 5 nitrogen and oxygen atoms in total. The lowest BCUT2D eigenvalue weighted by molar-refractivity contribution is 0.123. The molecule has 0 spiro atoms. The van der Waals surface area contributed by atoms with E-state index in [0.29, 0.717) is 23.9 Å². The molecule has 1 aliphatic rings. The van der Waals surface area contributed by atoms with E-state index in [1.54, 1.807) is 12.1 Å². The first-order valence-electron chi connectivity index (χ1n) is 5.56. The summed E-state index contributed by atoms with van der Waals surface area (Å²) < 4.78 is 30.5. The molecule has 0 bridgehead atoms. The van der Waals surface area contributed by atoms with Crippen LogP contribution in [0.15, 0.2) is 18.2 Å². The number of sulfonamides is 1. The minimum Gasteiger partial charge on any atom is -0.378 e. The number of anilines is 2. The number of halogens is 1. The van der Waals surface area contributed by atoms with Crippen molar-refractivity contribution in [1.29, 1.82) is 0 Å². The smallest absolute Gasteiger partial charge is 0.229 e. The fourth-order valence-electron chi connectivity index (χ4n) is 1.87. The summed E-state index contributed by atoms with van der Waals surface area (Å²) in [6, 6.07) is 5.19. The van der Waals surface area contributed by atoms with Crippen molar-refractivity contribution in [2.75, 3.05) is 42.2 Å². The number of nitrogens with zero attached hydrogens (tertiary/aromatic N) is 1. The van der Waals surface area contributed by atoms with Crippen LogP contribution in [0.4, 0.5) is 11.4 Å². The molecule has 100 valence electrons. The summed E-state index contributed by atoms with van der Waals surface area (Å²) in [7, 11) is -3.32. The van der Waals surface area contributed by atoms with Crippen LogP contribution in [0.25, 0.3) is 0 Å². The molecule has 1 N–H and O–H groups in total. The van der Waals surface area contributed by atoms with E-state index < -0.39 is 10.0 Å². The van der Waals surface area contributed by atoms with Gasteiger partial charge in [0.2, 0.25) is 10.0 Å². The normalized spacial score (nSPS) is 16.7. The molecule has 0 atom stereocenters. The van der Waals surface area contributed by atoms with Gasteiger partial charge in [-0.25, -0.2) is 8.42 Å². The van der Waals surface area contributed by atoms with Crippen molar-refractivity contribution in [2.45, 2.75) is 0 Å². The van der Waals surface area contributed by atoms with Crippen LogP contribution in [0, 0.1) is 0 Å². The molecular weight excluding hydrogens is 276 g/mol. The number of hydrogen-bond acceptors (Lipinski definition) is 4. The van der Waals surface area contributed by atoms with Crippen LogP contribution in [0.2, 0.25) is 5.02 Å². The Morgan fingerprint density at radius 3 is 2.61 bits per heavy atom. The van der Waals surface area contributed by atoms with Gasteiger partial charge in [-0.3, -0.25) is 4.72 Å². The summed E-state index contributed by atoms with van der Waals surface area (Å²) in [6.45, 7) is 2.75. The number of ether oxygens (including phenoxy) is 1. The third-order valence-corrected chi connectivity index (χ3v) is 3.43. The van der Waals surface area contributed by atoms with Crippen LogP contribution in [-0.2, 0) is 14.8 Å². The molecule has 2 rings (SSSR count). The topological polar surface area (TPSA) is 58.6 Å². The number of benzene rings is 1. The van der Waals surface area contributed by atoms with Gasteiger partial charge in [0, 0.05) is 18.1 Å². The monoisotopic (exact) mass is 290 g/mol. The average molecular weight is 291 g/mol. The van der Waals surface area contributed by atoms with E-state index in [2.05, 4.69) is 9.62 Å². The van der Waals surface area contributed by atoms with Crippen molar-refractivity contribution in [1.82, 2.24) is 0 Å². The highest BCUT2D eigenvalue weighted by Crippen LogP contribution is 2.30. The number of nitrogens with one attached hydrogen (secondary N) is 1. The van der Waals surface area contributed by atoms with E-state index in [0.717, 1.165) is 25.0 Å². The highest BCUT2D eigenvalue weighted by Gasteiger charge is 2.16. The Morgan fingerprint density at radius 1 is 1.33 bits per heavy atom. The molecule has 0 unspecified atom stereocenters. The Balaban J connectivity index is 2.33. The van der Waals surface area contributed by atoms with Crippen molar-refractivity contribution in [3.05, 3.63) is 23.2 Å². The molecule has 0 saturated carbocycles. The molecule has 7 heteroatoms. The van der Waals surface area contributed by atoms with Gasteiger partial charge < -0.3 is 9.64 Å². The molecule has 1 fully saturated rings. The molecule has 1 aliphatic heterocycles. The first kappa shape index (κ1) is 13.5. The lowest BCUT2D eigenvalue weighted by atomic mass is 10.2. The van der Waals surface area contributed by atoms with Gasteiger partial charge >= 0.3 is 0 Å². The van der Waals surface area contributed by atoms with Gasteiger partial charge in [0.25, 0.3) is 0 Å². The highest BCUT2D eigenvalue weighted by atomic mass is 35.5. The summed E-state index contributed by atoms with van der Waals surface area (Å²) in [5.74, 6) is 0. The molecule has 0 aromatic heterocycles. The SMILES string of the molecule is CS(=O)(=O)Nc1cc(Cl)ccc1N1CCOCC1. The van der Waals surface area contributed by atoms with Gasteiger partial charge in [0.1, 0.15) is 0 Å². The van der Waals surface area contributed by atoms with Crippen LogP contribution < -0.4 is 9.62 Å². The third kappa shape index (κ3) is 3.51. The molecule has 0 radical (unpaired) electrons. The quantitative estimate of drug-likeness (QED) is 0.917. The van der Waals surface area contributed by atoms with E-state index >= 15 is 0 Å². The Bertz CT molecular complexity index is 527. The fraction of sp³-hybridized carbons (Fsp3) is 0.455. The summed E-state index contributed by atoms with van der Waals surface area (Å²) in [6.07, 6.45) is 1.12. The van der Waals surface area contributed by atoms with Gasteiger partial charge in [0.15, 0.2) is 0 Å². The Hall–Kier alpha value is -0.980. The lowest BCUT2D eigenvalue weighted by Crippen LogP contribution is -2.36. The van der Waals surface area contributed by atoms with Crippen molar-refractivity contribution in [3.8, 4) is 0 Å². The highest BCUT2D eigenvalue weighted by molar-refractivity contribution is 7.92. The summed E-state index contributed by atoms with van der Waals surface area (Å²) >= 11 is 5.91. The van der Waals surface area contributed by atoms with Gasteiger partial charge in [-0.1, -0.05) is 11.6 Å². The van der Waals surface area contributed by atoms with E-state index in [1.165, 1.54) is 0 Å². The van der Waals surface area contributed by atoms with Crippen LogP contribution in [0.1, 0.15) is 0 Å². The maximum absolute atomic E-state index is 11.3. The molecular formula is C11H15ClN2O3S. The maximum Gasteiger partial charge on any atom is 0.229 e. The Kier molecular flexibility index (Phi) is 3.99. The molecule has 1 saturated heterocycles. The molecule has 1 aromatic rings. The van der Waals surface area contributed by atoms with Gasteiger partial charge in [-0.2, -0.15) is 0 Å². The number of morpholine rings is 1. The largest absolute Gasteiger partial charge is 0.378 e. The summed E-state index contributed by atoms with van der Waals surface area (Å²) in [5, 5.41) is 0.498. The lowest BCUT2D eigenvalue weighted by Gasteiger charge is -2.30. The van der Waals surface area contributed by atoms with Crippen LogP contribution in [0.5, 0.6) is 0 Å². The fourth-order valence-corrected chi connectivity index (χ4v) is 2.60. The minimum absolute atomic E-state index is 0.498. The van der Waals surface area contributed by atoms with E-state index in [-0.39, 0.29) is 0 Å². The molecule has 0 aliphatic carbocycles. The summed E-state index contributed by atoms with van der Waals surface area (Å²) in [4.78, 5) is 2.08. The molecule has 1 aromatic carbocycles. The second-order valence-corrected chi connectivity index (χ2v) is 6.32. The first-order valence-corrected chi connectivity index (χ1v) is 7.83. The van der Waals surface area contributed by atoms with E-state index in [9.17, 15) is 8.42 Å². The predicted molar refractivity (Wildman–Crippen MR) is 73.0 cm³/mol. The minimum atomic E-state index is -3.32. The van der Waals surface area contributed by atoms with E-state index in [1.807, 2.05) is 6.07 Å². The number of rotatable bonds is 3. The zero-order chi connectivity index (χ0) is 13.2. The Morgan fingerprint density at radius 2 is 2.00 bits per heavy atom. The van der Waals surface area contributed by atoms with E-state index in [4.69, 9.17) is 16.3 Å². The molecule has 0 amide bonds. The van der Waals surface area contributed by atoms with Crippen molar-refractivity contribution >= 4 is 33.0 Å². The maximum atomic E-state index is 11.3. The second-order valence-electron chi connectivity index (χ2n) is 4.14. The third-order valence-electron chi connectivity index (χ3n) is 2.61. The standard InChI is InChI=1S/C11H15ClN2O3S/c1-18(15,16)13-10-8-9(12)2-3-11(10)14-4-6-17-7-5-14/h2-3,8,13H,4-7H2,1H3. The molecule has 1 heterocycles. The zero-order valence-electron chi connectivity index (χ0n) is 10.0. The van der Waals surface area contributed by atoms with Crippen LogP contribution in [-0.4, -0.2) is 41.0 Å².